The Morgan fingerprint density at radius 3 is 2.53 bits per heavy atom. The van der Waals surface area contributed by atoms with E-state index in [0.717, 1.165) is 12.8 Å². The summed E-state index contributed by atoms with van der Waals surface area (Å²) in [4.78, 5) is 14.9. The predicted octanol–water partition coefficient (Wildman–Crippen LogP) is 5.55. The molecule has 0 amide bonds. The summed E-state index contributed by atoms with van der Waals surface area (Å²) < 4.78 is 57.2. The van der Waals surface area contributed by atoms with E-state index in [0.29, 0.717) is 12.3 Å². The topological polar surface area (TPSA) is 72.1 Å². The second-order valence-corrected chi connectivity index (χ2v) is 7.40. The van der Waals surface area contributed by atoms with Gasteiger partial charge in [0.05, 0.1) is 18.1 Å². The van der Waals surface area contributed by atoms with Crippen molar-refractivity contribution in [3.8, 4) is 23.0 Å². The molecule has 0 aliphatic heterocycles. The third kappa shape index (κ3) is 4.99. The third-order valence-electron chi connectivity index (χ3n) is 4.94. The summed E-state index contributed by atoms with van der Waals surface area (Å²) >= 11 is 0. The van der Waals surface area contributed by atoms with E-state index in [2.05, 4.69) is 0 Å². The van der Waals surface area contributed by atoms with Crippen molar-refractivity contribution >= 4 is 11.0 Å². The number of fused-ring (bicyclic) bond motifs is 1. The van der Waals surface area contributed by atoms with E-state index in [-0.39, 0.29) is 34.6 Å². The Balaban J connectivity index is 2.18. The van der Waals surface area contributed by atoms with Gasteiger partial charge < -0.3 is 23.9 Å². The summed E-state index contributed by atoms with van der Waals surface area (Å²) in [7, 11) is 3.17. The van der Waals surface area contributed by atoms with Crippen molar-refractivity contribution in [2.24, 2.45) is 0 Å². The molecular formula is C23H24F3NO5. The Morgan fingerprint density at radius 1 is 1.16 bits per heavy atom. The summed E-state index contributed by atoms with van der Waals surface area (Å²) in [6.07, 6.45) is -3.19. The molecule has 0 saturated heterocycles. The van der Waals surface area contributed by atoms with Crippen LogP contribution in [-0.2, 0) is 12.7 Å². The molecule has 2 aromatic carbocycles. The lowest BCUT2D eigenvalue weighted by atomic mass is 10.1. The molecule has 0 unspecified atom stereocenters. The lowest BCUT2D eigenvalue weighted by Gasteiger charge is -2.19. The summed E-state index contributed by atoms with van der Waals surface area (Å²) in [6.45, 7) is 2.79. The number of ether oxygens (including phenoxy) is 2. The number of nitrogens with zero attached hydrogens (tertiary/aromatic N) is 1. The lowest BCUT2D eigenvalue weighted by molar-refractivity contribution is -0.154. The number of halogens is 3. The number of hydrogen-bond donors (Lipinski definition) is 1. The third-order valence-corrected chi connectivity index (χ3v) is 4.94. The predicted molar refractivity (Wildman–Crippen MR) is 113 cm³/mol. The summed E-state index contributed by atoms with van der Waals surface area (Å²) in [5.74, 6) is -2.46. The largest absolute Gasteiger partial charge is 0.507 e. The highest BCUT2D eigenvalue weighted by molar-refractivity contribution is 5.83. The monoisotopic (exact) mass is 451 g/mol. The second-order valence-electron chi connectivity index (χ2n) is 7.40. The molecule has 9 heteroatoms. The number of rotatable bonds is 8. The molecule has 3 rings (SSSR count). The fourth-order valence-electron chi connectivity index (χ4n) is 3.28. The Labute approximate surface area is 182 Å². The van der Waals surface area contributed by atoms with Gasteiger partial charge in [-0.25, -0.2) is 0 Å². The van der Waals surface area contributed by atoms with Crippen molar-refractivity contribution in [1.82, 2.24) is 4.90 Å². The quantitative estimate of drug-likeness (QED) is 0.484. The Hall–Kier alpha value is -3.20. The van der Waals surface area contributed by atoms with Gasteiger partial charge in [-0.05, 0) is 44.3 Å². The van der Waals surface area contributed by atoms with Crippen molar-refractivity contribution in [3.63, 3.8) is 0 Å². The van der Waals surface area contributed by atoms with Crippen LogP contribution in [0, 0.1) is 0 Å². The fourth-order valence-corrected chi connectivity index (χ4v) is 3.28. The van der Waals surface area contributed by atoms with Crippen LogP contribution in [0.1, 0.15) is 31.1 Å². The van der Waals surface area contributed by atoms with Gasteiger partial charge in [0.2, 0.25) is 11.2 Å². The normalized spacial score (nSPS) is 11.8. The molecule has 1 heterocycles. The van der Waals surface area contributed by atoms with Crippen LogP contribution in [0.2, 0.25) is 0 Å². The van der Waals surface area contributed by atoms with E-state index >= 15 is 0 Å². The van der Waals surface area contributed by atoms with Gasteiger partial charge in [0.25, 0.3) is 5.76 Å². The van der Waals surface area contributed by atoms with Crippen molar-refractivity contribution < 1.29 is 32.2 Å². The van der Waals surface area contributed by atoms with Crippen LogP contribution in [0.4, 0.5) is 13.2 Å². The number of unbranched alkanes of at least 4 members (excludes halogenated alkanes) is 1. The molecule has 0 saturated carbocycles. The Morgan fingerprint density at radius 2 is 1.88 bits per heavy atom. The molecule has 0 bridgehead atoms. The first-order chi connectivity index (χ1) is 15.2. The molecule has 0 atom stereocenters. The SMILES string of the molecule is CCCCN(C)Cc1c(O)ccc2c(=O)c(Oc3cccc(OC)c3)c(C(F)(F)F)oc12. The molecule has 32 heavy (non-hydrogen) atoms. The minimum atomic E-state index is -5.00. The standard InChI is InChI=1S/C23H24F3NO5/c1-4-5-11-27(2)13-17-18(28)10-9-16-19(29)21(22(23(24,25)26)32-20(16)17)31-15-8-6-7-14(12-15)30-3/h6-10,12,28H,4-5,11,13H2,1-3H3. The van der Waals surface area contributed by atoms with Crippen molar-refractivity contribution in [3.05, 3.63) is 57.9 Å². The zero-order valence-electron chi connectivity index (χ0n) is 18.0. The Bertz CT molecular complexity index is 1160. The average Bonchev–Trinajstić information content (AvgIpc) is 2.75. The maximum atomic E-state index is 13.9. The van der Waals surface area contributed by atoms with Crippen molar-refractivity contribution in [2.75, 3.05) is 20.7 Å². The van der Waals surface area contributed by atoms with Gasteiger partial charge in [0.1, 0.15) is 22.8 Å². The van der Waals surface area contributed by atoms with Gasteiger partial charge in [-0.3, -0.25) is 4.79 Å². The molecule has 1 N–H and O–H groups in total. The van der Waals surface area contributed by atoms with Gasteiger partial charge in [0.15, 0.2) is 0 Å². The summed E-state index contributed by atoms with van der Waals surface area (Å²) in [5, 5.41) is 10.2. The number of hydrogen-bond acceptors (Lipinski definition) is 6. The number of aromatic hydroxyl groups is 1. The Kier molecular flexibility index (Phi) is 6.98. The highest BCUT2D eigenvalue weighted by Gasteiger charge is 2.41. The number of benzene rings is 2. The molecule has 6 nitrogen and oxygen atoms in total. The molecule has 172 valence electrons. The minimum Gasteiger partial charge on any atom is -0.507 e. The highest BCUT2D eigenvalue weighted by atomic mass is 19.4. The van der Waals surface area contributed by atoms with E-state index in [1.165, 1.54) is 37.4 Å². The van der Waals surface area contributed by atoms with Crippen LogP contribution >= 0.6 is 0 Å². The maximum Gasteiger partial charge on any atom is 0.453 e. The first-order valence-corrected chi connectivity index (χ1v) is 10.0. The molecule has 0 aliphatic carbocycles. The zero-order valence-corrected chi connectivity index (χ0v) is 18.0. The molecule has 0 fully saturated rings. The lowest BCUT2D eigenvalue weighted by Crippen LogP contribution is -2.20. The van der Waals surface area contributed by atoms with E-state index in [9.17, 15) is 23.1 Å². The molecule has 0 aliphatic rings. The molecule has 0 spiro atoms. The summed E-state index contributed by atoms with van der Waals surface area (Å²) in [6, 6.07) is 8.36. The first kappa shape index (κ1) is 23.5. The van der Waals surface area contributed by atoms with Crippen LogP contribution < -0.4 is 14.9 Å². The van der Waals surface area contributed by atoms with Crippen LogP contribution in [0.3, 0.4) is 0 Å². The van der Waals surface area contributed by atoms with Crippen LogP contribution in [0.15, 0.2) is 45.6 Å². The van der Waals surface area contributed by atoms with Gasteiger partial charge in [0, 0.05) is 12.6 Å². The van der Waals surface area contributed by atoms with Crippen LogP contribution in [-0.4, -0.2) is 30.7 Å². The number of phenols is 1. The first-order valence-electron chi connectivity index (χ1n) is 10.0. The van der Waals surface area contributed by atoms with Crippen LogP contribution in [0.5, 0.6) is 23.0 Å². The minimum absolute atomic E-state index is 0.0141. The summed E-state index contributed by atoms with van der Waals surface area (Å²) in [5.41, 5.74) is -1.20. The average molecular weight is 451 g/mol. The fraction of sp³-hybridized carbons (Fsp3) is 0.348. The highest BCUT2D eigenvalue weighted by Crippen LogP contribution is 2.40. The molecule has 0 radical (unpaired) electrons. The van der Waals surface area contributed by atoms with Crippen molar-refractivity contribution in [1.29, 1.82) is 0 Å². The van der Waals surface area contributed by atoms with E-state index in [1.807, 2.05) is 11.8 Å². The van der Waals surface area contributed by atoms with E-state index < -0.39 is 23.1 Å². The molecule has 3 aromatic rings. The molecular weight excluding hydrogens is 427 g/mol. The second kappa shape index (κ2) is 9.52. The smallest absolute Gasteiger partial charge is 0.453 e. The van der Waals surface area contributed by atoms with E-state index in [1.54, 1.807) is 13.1 Å². The van der Waals surface area contributed by atoms with Crippen LogP contribution in [0.25, 0.3) is 11.0 Å². The zero-order chi connectivity index (χ0) is 23.5. The number of phenolic OH excluding ortho intramolecular Hbond substituents is 1. The molecule has 1 aromatic heterocycles. The van der Waals surface area contributed by atoms with Gasteiger partial charge in [-0.15, -0.1) is 0 Å². The van der Waals surface area contributed by atoms with Gasteiger partial charge >= 0.3 is 6.18 Å². The van der Waals surface area contributed by atoms with Gasteiger partial charge in [-0.1, -0.05) is 19.4 Å². The number of alkyl halides is 3. The maximum absolute atomic E-state index is 13.9. The number of methoxy groups -OCH3 is 1. The van der Waals surface area contributed by atoms with Crippen molar-refractivity contribution in [2.45, 2.75) is 32.5 Å². The van der Waals surface area contributed by atoms with Gasteiger partial charge in [-0.2, -0.15) is 13.2 Å². The van der Waals surface area contributed by atoms with E-state index in [4.69, 9.17) is 13.9 Å².